The Morgan fingerprint density at radius 3 is 2.44 bits per heavy atom. The molecule has 0 bridgehead atoms. The fourth-order valence-corrected chi connectivity index (χ4v) is 5.25. The number of imidazole rings is 1. The van der Waals surface area contributed by atoms with Gasteiger partial charge in [-0.05, 0) is 80.0 Å². The third kappa shape index (κ3) is 4.79. The molecule has 34 heavy (non-hydrogen) atoms. The van der Waals surface area contributed by atoms with E-state index in [-0.39, 0.29) is 12.1 Å². The number of nitrogens with one attached hydrogen (secondary N) is 2. The van der Waals surface area contributed by atoms with Crippen LogP contribution in [-0.4, -0.2) is 31.6 Å². The van der Waals surface area contributed by atoms with E-state index < -0.39 is 0 Å². The molecule has 4 aromatic rings. The van der Waals surface area contributed by atoms with Crippen molar-refractivity contribution >= 4 is 34.3 Å². The van der Waals surface area contributed by atoms with Gasteiger partial charge in [0.25, 0.3) is 0 Å². The van der Waals surface area contributed by atoms with Crippen molar-refractivity contribution in [2.75, 3.05) is 10.6 Å². The van der Waals surface area contributed by atoms with E-state index in [9.17, 15) is 0 Å². The summed E-state index contributed by atoms with van der Waals surface area (Å²) in [5.74, 6) is 1.41. The summed E-state index contributed by atoms with van der Waals surface area (Å²) in [5, 5.41) is 11.5. The van der Waals surface area contributed by atoms with Crippen molar-refractivity contribution in [1.82, 2.24) is 19.5 Å². The second kappa shape index (κ2) is 9.72. The van der Waals surface area contributed by atoms with Crippen molar-refractivity contribution in [3.8, 4) is 11.1 Å². The summed E-state index contributed by atoms with van der Waals surface area (Å²) in [6, 6.07) is 11.9. The van der Waals surface area contributed by atoms with Crippen molar-refractivity contribution in [2.24, 2.45) is 5.73 Å². The molecule has 0 spiro atoms. The molecule has 0 aliphatic heterocycles. The second-order valence-corrected chi connectivity index (χ2v) is 10.3. The SMILES string of the molecule is CC(Nc1nc(NC2CCC(N)CC2)nc2c1ncn2C(C)C)c1ccc(-c2ccsc2)cc1. The van der Waals surface area contributed by atoms with Crippen molar-refractivity contribution in [3.63, 3.8) is 0 Å². The monoisotopic (exact) mass is 475 g/mol. The maximum absolute atomic E-state index is 6.09. The summed E-state index contributed by atoms with van der Waals surface area (Å²) in [7, 11) is 0. The molecule has 1 aliphatic carbocycles. The van der Waals surface area contributed by atoms with E-state index in [1.54, 1.807) is 11.3 Å². The smallest absolute Gasteiger partial charge is 0.227 e. The molecule has 8 heteroatoms. The van der Waals surface area contributed by atoms with Crippen LogP contribution in [0.15, 0.2) is 47.4 Å². The number of hydrogen-bond acceptors (Lipinski definition) is 7. The summed E-state index contributed by atoms with van der Waals surface area (Å²) in [6.45, 7) is 6.44. The maximum Gasteiger partial charge on any atom is 0.227 e. The lowest BCUT2D eigenvalue weighted by atomic mass is 9.92. The molecule has 3 heterocycles. The molecule has 178 valence electrons. The van der Waals surface area contributed by atoms with E-state index in [0.717, 1.165) is 42.7 Å². The Morgan fingerprint density at radius 2 is 1.76 bits per heavy atom. The number of rotatable bonds is 7. The third-order valence-corrected chi connectivity index (χ3v) is 7.38. The van der Waals surface area contributed by atoms with E-state index in [4.69, 9.17) is 15.7 Å². The van der Waals surface area contributed by atoms with Gasteiger partial charge in [-0.15, -0.1) is 0 Å². The summed E-state index contributed by atoms with van der Waals surface area (Å²) < 4.78 is 2.10. The van der Waals surface area contributed by atoms with E-state index in [0.29, 0.717) is 18.0 Å². The second-order valence-electron chi connectivity index (χ2n) is 9.57. The van der Waals surface area contributed by atoms with Crippen molar-refractivity contribution in [3.05, 3.63) is 53.0 Å². The number of aromatic nitrogens is 4. The standard InChI is InChI=1S/C26H33N7S/c1-16(2)33-15-28-23-24(31-26(32-25(23)33)30-22-10-8-21(27)9-11-22)29-17(3)18-4-6-19(7-5-18)20-12-13-34-14-20/h4-7,12-17,21-22H,8-11,27H2,1-3H3,(H2,29,30,31,32). The van der Waals surface area contributed by atoms with E-state index in [2.05, 4.69) is 82.0 Å². The van der Waals surface area contributed by atoms with Crippen LogP contribution in [-0.2, 0) is 0 Å². The predicted molar refractivity (Wildman–Crippen MR) is 141 cm³/mol. The van der Waals surface area contributed by atoms with Crippen molar-refractivity contribution < 1.29 is 0 Å². The van der Waals surface area contributed by atoms with Crippen molar-refractivity contribution in [2.45, 2.75) is 70.6 Å². The molecule has 4 N–H and O–H groups in total. The molecule has 1 unspecified atom stereocenters. The first-order chi connectivity index (χ1) is 16.5. The van der Waals surface area contributed by atoms with Gasteiger partial charge in [0.15, 0.2) is 17.0 Å². The molecule has 3 aromatic heterocycles. The Hall–Kier alpha value is -2.97. The van der Waals surface area contributed by atoms with E-state index >= 15 is 0 Å². The first-order valence-electron chi connectivity index (χ1n) is 12.1. The van der Waals surface area contributed by atoms with Crippen LogP contribution in [0.1, 0.15) is 64.1 Å². The number of benzene rings is 1. The predicted octanol–water partition coefficient (Wildman–Crippen LogP) is 5.99. The van der Waals surface area contributed by atoms with Gasteiger partial charge < -0.3 is 20.9 Å². The minimum absolute atomic E-state index is 0.0688. The molecule has 0 radical (unpaired) electrons. The number of anilines is 2. The number of fused-ring (bicyclic) bond motifs is 1. The highest BCUT2D eigenvalue weighted by Gasteiger charge is 2.22. The molecule has 1 atom stereocenters. The zero-order valence-corrected chi connectivity index (χ0v) is 20.8. The van der Waals surface area contributed by atoms with Crippen LogP contribution in [0, 0.1) is 0 Å². The topological polar surface area (TPSA) is 93.7 Å². The van der Waals surface area contributed by atoms with Crippen LogP contribution < -0.4 is 16.4 Å². The van der Waals surface area contributed by atoms with E-state index in [1.807, 2.05) is 6.33 Å². The highest BCUT2D eigenvalue weighted by molar-refractivity contribution is 7.08. The molecule has 1 saturated carbocycles. The van der Waals surface area contributed by atoms with Gasteiger partial charge in [-0.3, -0.25) is 0 Å². The average molecular weight is 476 g/mol. The summed E-state index contributed by atoms with van der Waals surface area (Å²) >= 11 is 1.72. The van der Waals surface area contributed by atoms with Gasteiger partial charge in [-0.25, -0.2) is 4.98 Å². The molecule has 7 nitrogen and oxygen atoms in total. The fraction of sp³-hybridized carbons (Fsp3) is 0.423. The number of nitrogens with two attached hydrogens (primary N) is 1. The van der Waals surface area contributed by atoms with Crippen molar-refractivity contribution in [1.29, 1.82) is 0 Å². The first kappa shape index (κ1) is 22.8. The lowest BCUT2D eigenvalue weighted by Crippen LogP contribution is -2.33. The Kier molecular flexibility index (Phi) is 6.52. The summed E-state index contributed by atoms with van der Waals surface area (Å²) in [4.78, 5) is 14.4. The molecule has 5 rings (SSSR count). The normalized spacial score (nSPS) is 19.4. The van der Waals surface area contributed by atoms with Crippen LogP contribution in [0.4, 0.5) is 11.8 Å². The van der Waals surface area contributed by atoms with Crippen LogP contribution in [0.3, 0.4) is 0 Å². The number of thiophene rings is 1. The van der Waals surface area contributed by atoms with Gasteiger partial charge in [0, 0.05) is 18.1 Å². The number of nitrogens with zero attached hydrogens (tertiary/aromatic N) is 4. The van der Waals surface area contributed by atoms with Crippen LogP contribution in [0.2, 0.25) is 0 Å². The van der Waals surface area contributed by atoms with Crippen LogP contribution in [0.25, 0.3) is 22.3 Å². The molecular weight excluding hydrogens is 442 g/mol. The number of hydrogen-bond donors (Lipinski definition) is 3. The van der Waals surface area contributed by atoms with Gasteiger partial charge >= 0.3 is 0 Å². The molecule has 0 amide bonds. The van der Waals surface area contributed by atoms with Gasteiger partial charge in [0.05, 0.1) is 12.4 Å². The average Bonchev–Trinajstić information content (AvgIpc) is 3.51. The lowest BCUT2D eigenvalue weighted by molar-refractivity contribution is 0.410. The lowest BCUT2D eigenvalue weighted by Gasteiger charge is -2.27. The van der Waals surface area contributed by atoms with Gasteiger partial charge in [-0.2, -0.15) is 21.3 Å². The largest absolute Gasteiger partial charge is 0.362 e. The van der Waals surface area contributed by atoms with E-state index in [1.165, 1.54) is 16.7 Å². The summed E-state index contributed by atoms with van der Waals surface area (Å²) in [6.07, 6.45) is 6.02. The van der Waals surface area contributed by atoms with Gasteiger partial charge in [0.2, 0.25) is 5.95 Å². The molecule has 0 saturated heterocycles. The van der Waals surface area contributed by atoms with Crippen LogP contribution >= 0.6 is 11.3 Å². The Bertz CT molecular complexity index is 1220. The Balaban J connectivity index is 1.41. The highest BCUT2D eigenvalue weighted by Crippen LogP contribution is 2.29. The zero-order chi connectivity index (χ0) is 23.7. The zero-order valence-electron chi connectivity index (χ0n) is 20.0. The minimum atomic E-state index is 0.0688. The van der Waals surface area contributed by atoms with Gasteiger partial charge in [0.1, 0.15) is 0 Å². The first-order valence-corrected chi connectivity index (χ1v) is 13.1. The summed E-state index contributed by atoms with van der Waals surface area (Å²) in [5.41, 5.74) is 11.4. The van der Waals surface area contributed by atoms with Gasteiger partial charge in [-0.1, -0.05) is 24.3 Å². The molecule has 1 aliphatic rings. The quantitative estimate of drug-likeness (QED) is 0.304. The fourth-order valence-electron chi connectivity index (χ4n) is 4.59. The Labute approximate surface area is 204 Å². The maximum atomic E-state index is 6.09. The minimum Gasteiger partial charge on any atom is -0.362 e. The Morgan fingerprint density at radius 1 is 1.00 bits per heavy atom. The molecule has 1 fully saturated rings. The highest BCUT2D eigenvalue weighted by atomic mass is 32.1. The van der Waals surface area contributed by atoms with Crippen LogP contribution in [0.5, 0.6) is 0 Å². The third-order valence-electron chi connectivity index (χ3n) is 6.70. The molecular formula is C26H33N7S. The molecule has 1 aromatic carbocycles.